The summed E-state index contributed by atoms with van der Waals surface area (Å²) in [4.78, 5) is 8.26. The first kappa shape index (κ1) is 18.0. The fourth-order valence-electron chi connectivity index (χ4n) is 3.09. The molecule has 0 radical (unpaired) electrons. The van der Waals surface area contributed by atoms with Crippen LogP contribution in [0.15, 0.2) is 12.1 Å². The van der Waals surface area contributed by atoms with E-state index in [1.54, 1.807) is 18.4 Å². The molecule has 0 fully saturated rings. The Morgan fingerprint density at radius 3 is 2.52 bits per heavy atom. The van der Waals surface area contributed by atoms with Crippen molar-refractivity contribution in [3.8, 4) is 17.2 Å². The zero-order chi connectivity index (χ0) is 18.0. The Hall–Kier alpha value is -1.79. The molecule has 1 atom stereocenters. The highest BCUT2D eigenvalue weighted by atomic mass is 32.1. The second-order valence-corrected chi connectivity index (χ2v) is 7.83. The van der Waals surface area contributed by atoms with Gasteiger partial charge in [0.2, 0.25) is 0 Å². The van der Waals surface area contributed by atoms with Crippen LogP contribution in [0.1, 0.15) is 40.5 Å². The quantitative estimate of drug-likeness (QED) is 0.800. The van der Waals surface area contributed by atoms with Gasteiger partial charge in [-0.05, 0) is 33.9 Å². The average Bonchev–Trinajstić information content (AvgIpc) is 2.79. The molecule has 1 aliphatic rings. The minimum Gasteiger partial charge on any atom is -0.496 e. The molecule has 6 heteroatoms. The number of nitrogens with zero attached hydrogens (tertiary/aromatic N) is 2. The second kappa shape index (κ2) is 7.62. The van der Waals surface area contributed by atoms with Gasteiger partial charge in [0, 0.05) is 29.5 Å². The van der Waals surface area contributed by atoms with E-state index in [2.05, 4.69) is 32.7 Å². The van der Waals surface area contributed by atoms with Crippen LogP contribution in [0.25, 0.3) is 0 Å². The smallest absolute Gasteiger partial charge is 0.164 e. The van der Waals surface area contributed by atoms with Crippen molar-refractivity contribution in [3.63, 3.8) is 0 Å². The van der Waals surface area contributed by atoms with Gasteiger partial charge in [0.05, 0.1) is 37.1 Å². The van der Waals surface area contributed by atoms with E-state index in [1.165, 1.54) is 4.88 Å². The van der Waals surface area contributed by atoms with Gasteiger partial charge in [0.25, 0.3) is 0 Å². The Labute approximate surface area is 153 Å². The van der Waals surface area contributed by atoms with E-state index >= 15 is 0 Å². The molecule has 1 aromatic heterocycles. The minimum atomic E-state index is 0.227. The third-order valence-electron chi connectivity index (χ3n) is 4.57. The van der Waals surface area contributed by atoms with Crippen LogP contribution in [-0.2, 0) is 6.54 Å². The van der Waals surface area contributed by atoms with Gasteiger partial charge in [-0.1, -0.05) is 0 Å². The number of hydrogen-bond donors (Lipinski definition) is 0. The molecule has 0 saturated carbocycles. The number of thiazole rings is 1. The van der Waals surface area contributed by atoms with Gasteiger partial charge in [-0.25, -0.2) is 4.98 Å². The fourth-order valence-corrected chi connectivity index (χ4v) is 4.00. The lowest BCUT2D eigenvalue weighted by Gasteiger charge is -2.25. The molecule has 25 heavy (non-hydrogen) atoms. The first-order valence-corrected chi connectivity index (χ1v) is 9.42. The molecule has 2 aromatic rings. The van der Waals surface area contributed by atoms with Crippen LogP contribution in [0.5, 0.6) is 17.2 Å². The van der Waals surface area contributed by atoms with E-state index in [1.807, 2.05) is 12.1 Å². The van der Waals surface area contributed by atoms with E-state index in [4.69, 9.17) is 19.2 Å². The zero-order valence-corrected chi connectivity index (χ0v) is 16.4. The van der Waals surface area contributed by atoms with Gasteiger partial charge in [-0.3, -0.25) is 4.90 Å². The van der Waals surface area contributed by atoms with Crippen LogP contribution >= 0.6 is 11.3 Å². The predicted molar refractivity (Wildman–Crippen MR) is 100 cm³/mol. The minimum absolute atomic E-state index is 0.227. The van der Waals surface area contributed by atoms with E-state index in [0.29, 0.717) is 13.2 Å². The van der Waals surface area contributed by atoms with E-state index < -0.39 is 0 Å². The Kier molecular flexibility index (Phi) is 5.49. The molecule has 0 amide bonds. The summed E-state index contributed by atoms with van der Waals surface area (Å²) in [7, 11) is 3.81. The summed E-state index contributed by atoms with van der Waals surface area (Å²) in [6.45, 7) is 8.49. The Morgan fingerprint density at radius 2 is 1.92 bits per heavy atom. The monoisotopic (exact) mass is 362 g/mol. The van der Waals surface area contributed by atoms with E-state index in [0.717, 1.165) is 46.5 Å². The maximum absolute atomic E-state index is 5.83. The molecule has 0 aliphatic carbocycles. The van der Waals surface area contributed by atoms with Gasteiger partial charge < -0.3 is 14.2 Å². The van der Waals surface area contributed by atoms with Crippen LogP contribution in [0.2, 0.25) is 0 Å². The van der Waals surface area contributed by atoms with Gasteiger partial charge in [-0.15, -0.1) is 11.3 Å². The summed E-state index contributed by atoms with van der Waals surface area (Å²) in [5.74, 6) is 2.39. The van der Waals surface area contributed by atoms with Crippen molar-refractivity contribution in [1.82, 2.24) is 9.88 Å². The molecule has 3 rings (SSSR count). The Balaban J connectivity index is 1.83. The third-order valence-corrected chi connectivity index (χ3v) is 5.47. The average molecular weight is 362 g/mol. The predicted octanol–water partition coefficient (Wildman–Crippen LogP) is 4.12. The van der Waals surface area contributed by atoms with Crippen molar-refractivity contribution in [1.29, 1.82) is 0 Å². The fraction of sp³-hybridized carbons (Fsp3) is 0.526. The van der Waals surface area contributed by atoms with Gasteiger partial charge in [0.1, 0.15) is 5.75 Å². The summed E-state index contributed by atoms with van der Waals surface area (Å²) in [6.07, 6.45) is 0.895. The first-order valence-electron chi connectivity index (χ1n) is 8.60. The normalized spacial score (nSPS) is 15.1. The number of aromatic nitrogens is 1. The van der Waals surface area contributed by atoms with E-state index in [9.17, 15) is 0 Å². The number of benzene rings is 1. The van der Waals surface area contributed by atoms with Crippen molar-refractivity contribution in [2.45, 2.75) is 39.8 Å². The maximum atomic E-state index is 5.83. The lowest BCUT2D eigenvalue weighted by atomic mass is 10.1. The zero-order valence-electron chi connectivity index (χ0n) is 15.6. The molecular weight excluding hydrogens is 336 g/mol. The SMILES string of the molecule is COc1cc2c(cc1CN(C)C(C)c1nc(C)sc1C)OCCCO2. The highest BCUT2D eigenvalue weighted by Gasteiger charge is 2.21. The maximum Gasteiger partial charge on any atom is 0.164 e. The van der Waals surface area contributed by atoms with Crippen molar-refractivity contribution in [2.24, 2.45) is 0 Å². The van der Waals surface area contributed by atoms with Crippen molar-refractivity contribution < 1.29 is 14.2 Å². The lowest BCUT2D eigenvalue weighted by molar-refractivity contribution is 0.243. The molecule has 5 nitrogen and oxygen atoms in total. The molecule has 1 aliphatic heterocycles. The standard InChI is InChI=1S/C19H26N2O3S/c1-12(19-13(2)25-14(3)20-19)21(4)11-15-9-17-18(10-16(15)22-5)24-8-6-7-23-17/h9-10,12H,6-8,11H2,1-5H3. The number of hydrogen-bond acceptors (Lipinski definition) is 6. The summed E-state index contributed by atoms with van der Waals surface area (Å²) in [5, 5.41) is 1.11. The summed E-state index contributed by atoms with van der Waals surface area (Å²) >= 11 is 1.75. The molecule has 0 saturated heterocycles. The highest BCUT2D eigenvalue weighted by Crippen LogP contribution is 2.37. The number of aryl methyl sites for hydroxylation is 2. The molecule has 136 valence electrons. The van der Waals surface area contributed by atoms with Gasteiger partial charge in [-0.2, -0.15) is 0 Å². The molecular formula is C19H26N2O3S. The van der Waals surface area contributed by atoms with Crippen molar-refractivity contribution in [3.05, 3.63) is 33.3 Å². The first-order chi connectivity index (χ1) is 12.0. The van der Waals surface area contributed by atoms with Gasteiger partial charge in [0.15, 0.2) is 11.5 Å². The molecule has 1 aromatic carbocycles. The Bertz CT molecular complexity index is 745. The number of methoxy groups -OCH3 is 1. The lowest BCUT2D eigenvalue weighted by Crippen LogP contribution is -2.23. The number of ether oxygens (including phenoxy) is 3. The largest absolute Gasteiger partial charge is 0.496 e. The number of rotatable bonds is 5. The van der Waals surface area contributed by atoms with Gasteiger partial charge >= 0.3 is 0 Å². The molecule has 1 unspecified atom stereocenters. The third kappa shape index (κ3) is 3.90. The molecule has 0 bridgehead atoms. The van der Waals surface area contributed by atoms with Crippen LogP contribution in [-0.4, -0.2) is 37.3 Å². The molecule has 0 spiro atoms. The summed E-state index contributed by atoms with van der Waals surface area (Å²) in [5.41, 5.74) is 2.24. The summed E-state index contributed by atoms with van der Waals surface area (Å²) < 4.78 is 17.2. The van der Waals surface area contributed by atoms with Crippen LogP contribution in [0.4, 0.5) is 0 Å². The van der Waals surface area contributed by atoms with Crippen LogP contribution in [0.3, 0.4) is 0 Å². The molecule has 2 heterocycles. The topological polar surface area (TPSA) is 43.8 Å². The Morgan fingerprint density at radius 1 is 1.24 bits per heavy atom. The van der Waals surface area contributed by atoms with E-state index in [-0.39, 0.29) is 6.04 Å². The second-order valence-electron chi connectivity index (χ2n) is 6.43. The van der Waals surface area contributed by atoms with Crippen molar-refractivity contribution in [2.75, 3.05) is 27.4 Å². The van der Waals surface area contributed by atoms with Crippen molar-refractivity contribution >= 4 is 11.3 Å². The highest BCUT2D eigenvalue weighted by molar-refractivity contribution is 7.11. The van der Waals surface area contributed by atoms with Crippen LogP contribution < -0.4 is 14.2 Å². The molecule has 0 N–H and O–H groups in total. The summed E-state index contributed by atoms with van der Waals surface area (Å²) in [6, 6.07) is 4.21. The number of fused-ring (bicyclic) bond motifs is 1. The van der Waals surface area contributed by atoms with Crippen LogP contribution in [0, 0.1) is 13.8 Å².